The van der Waals surface area contributed by atoms with Gasteiger partial charge in [-0.25, -0.2) is 21.3 Å². The van der Waals surface area contributed by atoms with E-state index in [1.165, 1.54) is 136 Å². The number of ketones is 3. The van der Waals surface area contributed by atoms with E-state index in [-0.39, 0.29) is 180 Å². The van der Waals surface area contributed by atoms with Crippen molar-refractivity contribution in [3.05, 3.63) is 422 Å². The second-order valence-corrected chi connectivity index (χ2v) is 32.5. The number of benzene rings is 11. The summed E-state index contributed by atoms with van der Waals surface area (Å²) in [7, 11) is 0. The Morgan fingerprint density at radius 1 is 0.338 bits per heavy atom. The van der Waals surface area contributed by atoms with Gasteiger partial charge in [-0.15, -0.1) is 118 Å². The summed E-state index contributed by atoms with van der Waals surface area (Å²) in [6.07, 6.45) is 7.20. The Kier molecular flexibility index (Phi) is 45.1. The Morgan fingerprint density at radius 2 is 0.743 bits per heavy atom. The largest absolute Gasteiger partial charge is 0.512 e. The number of carbonyl (C=O) groups excluding carboxylic acids is 3. The molecule has 0 aliphatic heterocycles. The number of allylic oxidation sites excluding steroid dienone is 6. The van der Waals surface area contributed by atoms with Crippen molar-refractivity contribution >= 4 is 71.4 Å². The number of thiophene rings is 1. The van der Waals surface area contributed by atoms with Crippen LogP contribution in [0.5, 0.6) is 11.5 Å². The summed E-state index contributed by atoms with van der Waals surface area (Å²) in [5.41, 5.74) is 24.0. The van der Waals surface area contributed by atoms with Crippen LogP contribution in [0, 0.1) is 24.3 Å². The number of aromatic nitrogens is 6. The van der Waals surface area contributed by atoms with Crippen LogP contribution in [-0.2, 0) is 126 Å². The van der Waals surface area contributed by atoms with Crippen molar-refractivity contribution < 1.29 is 141 Å². The van der Waals surface area contributed by atoms with Gasteiger partial charge in [-0.05, 0) is 184 Å². The molecular formula is C116H106Ir4N6O8PdS-4. The van der Waals surface area contributed by atoms with E-state index in [1.54, 1.807) is 35.6 Å². The van der Waals surface area contributed by atoms with E-state index in [2.05, 4.69) is 235 Å². The third-order valence-electron chi connectivity index (χ3n) is 21.0. The van der Waals surface area contributed by atoms with Crippen molar-refractivity contribution in [2.24, 2.45) is 0 Å². The number of para-hydroxylation sites is 4. The number of hydrogen-bond donors (Lipinski definition) is 5. The fourth-order valence-corrected chi connectivity index (χ4v) is 16.1. The van der Waals surface area contributed by atoms with E-state index in [0.29, 0.717) is 33.9 Å². The number of hydrogen-bond acceptors (Lipinski definition) is 15. The smallest absolute Gasteiger partial charge is 0.155 e. The zero-order chi connectivity index (χ0) is 90.4. The number of aromatic hydroxyl groups is 2. The number of phenols is 2. The Balaban J connectivity index is 0.000000284. The van der Waals surface area contributed by atoms with Gasteiger partial charge in [0.2, 0.25) is 0 Å². The minimum atomic E-state index is -0.125. The standard InChI is InChI=1S/2C24H18N.C22H16N2O2.C15H10N.C13H8NS.3C5H8O2.3CH4.4Ir.Pd/c1-24(2)20-9-5-4-8-18(20)19-13-11-17(15-21(19)24)23-14-12-16-7-3-6-10-22(16)25-23;1-24(2)21-10-6-5-9-19(21)20-12-11-17(15-22(20)24)23-18-8-4-3-7-16(18)13-14-25-23;25-21-13-3-1-7-15(21)17-9-5-11-19(23-17)20-12-6-10-18(24-20)16-8-2-4-14-22(16)26;1-2-6-12(7-3-1)15-11-10-13-8-4-5-9-14(13)16-15;1-2-7-12-10(5-1)9-13(15-12)11-6-3-4-8-14-11;3*1-4(6)3-5(2)7;;;;;;;;/h2*3-10,12-15H,1-2H3;1-14,25-26H;1-6,8-11H;1-8H;3*3,6H,1-2H3;3*1H4;;;;;/q2*-1;;2*-1;;;;;;;;;;;. The zero-order valence-electron chi connectivity index (χ0n) is 74.3. The van der Waals surface area contributed by atoms with Crippen LogP contribution in [0.1, 0.15) is 114 Å². The molecular weight excluding hydrogens is 2510 g/mol. The predicted octanol–water partition coefficient (Wildman–Crippen LogP) is 29.4. The normalized spacial score (nSPS) is 11.5. The second kappa shape index (κ2) is 53.7. The van der Waals surface area contributed by atoms with Crippen molar-refractivity contribution in [3.63, 3.8) is 0 Å². The molecule has 20 rings (SSSR count). The third kappa shape index (κ3) is 29.3. The molecule has 4 radical (unpaired) electrons. The molecule has 14 nitrogen and oxygen atoms in total. The first kappa shape index (κ1) is 114. The molecule has 18 aromatic rings. The van der Waals surface area contributed by atoms with Crippen LogP contribution in [0.25, 0.3) is 143 Å². The molecule has 0 saturated heterocycles. The van der Waals surface area contributed by atoms with E-state index in [0.717, 1.165) is 55.4 Å². The number of carbonyl (C=O) groups is 3. The molecule has 2 aliphatic rings. The average molecular weight is 2620 g/mol. The van der Waals surface area contributed by atoms with Gasteiger partial charge in [0.05, 0.1) is 51.1 Å². The van der Waals surface area contributed by atoms with Crippen molar-refractivity contribution in [3.8, 4) is 112 Å². The summed E-state index contributed by atoms with van der Waals surface area (Å²) in [6.45, 7) is 17.8. The van der Waals surface area contributed by atoms with Crippen LogP contribution in [0.4, 0.5) is 0 Å². The van der Waals surface area contributed by atoms with Crippen LogP contribution in [0.2, 0.25) is 0 Å². The fourth-order valence-electron chi connectivity index (χ4n) is 15.1. The number of rotatable bonds is 10. The number of nitrogens with zero attached hydrogens (tertiary/aromatic N) is 6. The molecule has 704 valence electrons. The summed E-state index contributed by atoms with van der Waals surface area (Å²) in [5, 5.41) is 51.1. The average Bonchev–Trinajstić information content (AvgIpc) is 1.58. The minimum Gasteiger partial charge on any atom is -0.512 e. The molecule has 2 aliphatic carbocycles. The van der Waals surface area contributed by atoms with Crippen LogP contribution in [-0.4, -0.2) is 72.8 Å². The van der Waals surface area contributed by atoms with Crippen molar-refractivity contribution in [1.29, 1.82) is 0 Å². The number of pyridine rings is 6. The minimum absolute atomic E-state index is 0. The van der Waals surface area contributed by atoms with Crippen LogP contribution < -0.4 is 0 Å². The summed E-state index contributed by atoms with van der Waals surface area (Å²) in [6, 6.07) is 123. The SMILES string of the molecule is C.C.C.CC(=O)C=C(C)O.CC(=O)C=C(C)O.CC(=O)C=C(C)O.CC1(C)c2ccccc2-c2c[c-]c(-c3ccc4ccccc4n3)cc21.CC1(C)c2ccccc2-c2c[c-]c(-c3nccc4ccccc34)cc21.Oc1ccccc1-c1cccc(-c2cccc(-c3ccccc3O)n2)n1.[Ir].[Ir].[Ir].[Ir].[Pd].[c-]1c(-c2ccccn2)sc2ccccc12.[c-]1ccccc1-c1ccc2ccccc2n1. The van der Waals surface area contributed by atoms with Gasteiger partial charge in [0, 0.05) is 148 Å². The zero-order valence-corrected chi connectivity index (χ0v) is 86.2. The first-order valence-corrected chi connectivity index (χ1v) is 42.4. The molecule has 20 heteroatoms. The maximum absolute atomic E-state index is 10.1. The van der Waals surface area contributed by atoms with Gasteiger partial charge in [0.25, 0.3) is 0 Å². The topological polar surface area (TPSA) is 230 Å². The monoisotopic (exact) mass is 2620 g/mol. The van der Waals surface area contributed by atoms with Gasteiger partial charge in [-0.1, -0.05) is 266 Å². The van der Waals surface area contributed by atoms with Gasteiger partial charge < -0.3 is 35.5 Å². The summed E-state index contributed by atoms with van der Waals surface area (Å²) in [5.74, 6) is 0.189. The quantitative estimate of drug-likeness (QED) is 0.0371. The van der Waals surface area contributed by atoms with E-state index < -0.39 is 0 Å². The molecule has 0 atom stereocenters. The maximum atomic E-state index is 10.1. The molecule has 0 fully saturated rings. The maximum Gasteiger partial charge on any atom is 0.155 e. The van der Waals surface area contributed by atoms with Crippen molar-refractivity contribution in [2.45, 2.75) is 102 Å². The Labute approximate surface area is 870 Å². The summed E-state index contributed by atoms with van der Waals surface area (Å²) >= 11 is 1.73. The predicted molar refractivity (Wildman–Crippen MR) is 540 cm³/mol. The molecule has 11 aromatic carbocycles. The molecule has 0 unspecified atom stereocenters. The van der Waals surface area contributed by atoms with Gasteiger partial charge in [0.15, 0.2) is 17.3 Å². The summed E-state index contributed by atoms with van der Waals surface area (Å²) < 4.78 is 1.26. The van der Waals surface area contributed by atoms with E-state index in [4.69, 9.17) is 20.3 Å². The first-order chi connectivity index (χ1) is 61.8. The Morgan fingerprint density at radius 3 is 1.20 bits per heavy atom. The molecule has 7 heterocycles. The molecule has 0 spiro atoms. The number of aliphatic hydroxyl groups excluding tert-OH is 3. The van der Waals surface area contributed by atoms with E-state index in [9.17, 15) is 24.6 Å². The second-order valence-electron chi connectivity index (χ2n) is 31.4. The number of fused-ring (bicyclic) bond motifs is 10. The van der Waals surface area contributed by atoms with Gasteiger partial charge in [-0.3, -0.25) is 24.4 Å². The molecule has 0 bridgehead atoms. The van der Waals surface area contributed by atoms with Gasteiger partial charge in [-0.2, -0.15) is 0 Å². The van der Waals surface area contributed by atoms with Gasteiger partial charge >= 0.3 is 0 Å². The Bertz CT molecular complexity index is 6940. The Hall–Kier alpha value is -12.5. The summed E-state index contributed by atoms with van der Waals surface area (Å²) in [4.78, 5) is 58.9. The van der Waals surface area contributed by atoms with E-state index in [1.807, 2.05) is 158 Å². The third-order valence-corrected chi connectivity index (χ3v) is 22.1. The number of aliphatic hydroxyl groups is 3. The molecule has 136 heavy (non-hydrogen) atoms. The van der Waals surface area contributed by atoms with E-state index >= 15 is 0 Å². The number of phenolic OH excluding ortho intramolecular Hbond substituents is 2. The fraction of sp³-hybridized carbons (Fsp3) is 0.129. The van der Waals surface area contributed by atoms with Gasteiger partial charge in [0.1, 0.15) is 11.5 Å². The van der Waals surface area contributed by atoms with Crippen LogP contribution >= 0.6 is 11.3 Å². The first-order valence-electron chi connectivity index (χ1n) is 41.6. The molecule has 7 aromatic heterocycles. The van der Waals surface area contributed by atoms with Crippen LogP contribution in [0.3, 0.4) is 0 Å². The van der Waals surface area contributed by atoms with Crippen molar-refractivity contribution in [1.82, 2.24) is 29.9 Å². The molecule has 0 saturated carbocycles. The van der Waals surface area contributed by atoms with Crippen LogP contribution in [0.15, 0.2) is 375 Å². The molecule has 5 N–H and O–H groups in total. The van der Waals surface area contributed by atoms with Crippen molar-refractivity contribution in [2.75, 3.05) is 0 Å². The molecule has 0 amide bonds.